The molecule has 1 fully saturated rings. The van der Waals surface area contributed by atoms with Crippen LogP contribution in [0.3, 0.4) is 0 Å². The molecule has 1 amide bonds. The highest BCUT2D eigenvalue weighted by molar-refractivity contribution is 5.99. The van der Waals surface area contributed by atoms with E-state index in [0.29, 0.717) is 11.7 Å². The molecule has 1 saturated carbocycles. The van der Waals surface area contributed by atoms with Gasteiger partial charge in [-0.05, 0) is 55.4 Å². The second kappa shape index (κ2) is 9.81. The molecule has 194 valence electrons. The number of nitrogens with zero attached hydrogens (tertiary/aromatic N) is 4. The number of nitrogens with two attached hydrogens (primary N) is 1. The molecule has 9 nitrogen and oxygen atoms in total. The van der Waals surface area contributed by atoms with Crippen LogP contribution >= 0.6 is 0 Å². The van der Waals surface area contributed by atoms with E-state index in [1.54, 1.807) is 14.0 Å². The Balaban J connectivity index is 1.39. The molecule has 6 rings (SSSR count). The van der Waals surface area contributed by atoms with Gasteiger partial charge < -0.3 is 20.8 Å². The fourth-order valence-electron chi connectivity index (χ4n) is 5.66. The number of methoxy groups -OCH3 is 1. The van der Waals surface area contributed by atoms with Gasteiger partial charge in [0.05, 0.1) is 18.3 Å². The van der Waals surface area contributed by atoms with Crippen molar-refractivity contribution in [1.29, 1.82) is 0 Å². The lowest BCUT2D eigenvalue weighted by atomic mass is 9.81. The molecule has 5 aromatic rings. The molecule has 4 N–H and O–H groups in total. The molecular formula is C29H31N7O2. The summed E-state index contributed by atoms with van der Waals surface area (Å²) in [5, 5.41) is 8.60. The molecule has 0 radical (unpaired) electrons. The zero-order valence-electron chi connectivity index (χ0n) is 21.6. The zero-order chi connectivity index (χ0) is 26.2. The van der Waals surface area contributed by atoms with E-state index >= 15 is 0 Å². The number of aromatic amines is 1. The minimum absolute atomic E-state index is 0.0242. The highest BCUT2D eigenvalue weighted by atomic mass is 16.5. The number of nitrogens with one attached hydrogen (secondary N) is 2. The van der Waals surface area contributed by atoms with Gasteiger partial charge in [-0.2, -0.15) is 5.10 Å². The van der Waals surface area contributed by atoms with E-state index in [-0.39, 0.29) is 11.8 Å². The normalized spacial score (nSPS) is 17.6. The zero-order valence-corrected chi connectivity index (χ0v) is 21.6. The van der Waals surface area contributed by atoms with E-state index in [4.69, 9.17) is 15.5 Å². The van der Waals surface area contributed by atoms with Gasteiger partial charge in [-0.25, -0.2) is 14.5 Å². The number of nitrogen functional groups attached to an aromatic ring is 1. The van der Waals surface area contributed by atoms with E-state index < -0.39 is 0 Å². The second-order valence-electron chi connectivity index (χ2n) is 10.1. The van der Waals surface area contributed by atoms with Crippen molar-refractivity contribution >= 4 is 28.1 Å². The molecule has 1 aliphatic carbocycles. The summed E-state index contributed by atoms with van der Waals surface area (Å²) in [5.74, 6) is 2.90. The van der Waals surface area contributed by atoms with Gasteiger partial charge >= 0.3 is 0 Å². The van der Waals surface area contributed by atoms with Crippen LogP contribution < -0.4 is 15.8 Å². The fourth-order valence-corrected chi connectivity index (χ4v) is 5.66. The third kappa shape index (κ3) is 4.34. The van der Waals surface area contributed by atoms with Crippen molar-refractivity contribution in [3.05, 3.63) is 60.7 Å². The average molecular weight is 510 g/mol. The minimum Gasteiger partial charge on any atom is -0.497 e. The first-order chi connectivity index (χ1) is 18.5. The lowest BCUT2D eigenvalue weighted by Gasteiger charge is -2.27. The molecule has 3 aromatic heterocycles. The Labute approximate surface area is 220 Å². The number of benzene rings is 2. The van der Waals surface area contributed by atoms with Gasteiger partial charge in [0.1, 0.15) is 29.1 Å². The molecular weight excluding hydrogens is 478 g/mol. The van der Waals surface area contributed by atoms with Gasteiger partial charge in [-0.1, -0.05) is 30.3 Å². The van der Waals surface area contributed by atoms with Crippen LogP contribution in [0.1, 0.15) is 44.3 Å². The summed E-state index contributed by atoms with van der Waals surface area (Å²) in [7, 11) is 1.68. The quantitative estimate of drug-likeness (QED) is 0.298. The van der Waals surface area contributed by atoms with Crippen LogP contribution in [0.5, 0.6) is 5.75 Å². The van der Waals surface area contributed by atoms with Crippen molar-refractivity contribution in [2.45, 2.75) is 38.5 Å². The van der Waals surface area contributed by atoms with Crippen LogP contribution in [-0.2, 0) is 4.79 Å². The van der Waals surface area contributed by atoms with Crippen LogP contribution in [0.25, 0.3) is 38.9 Å². The number of H-pyrrole nitrogens is 1. The Kier molecular flexibility index (Phi) is 6.19. The van der Waals surface area contributed by atoms with Crippen LogP contribution in [-0.4, -0.2) is 44.1 Å². The van der Waals surface area contributed by atoms with Gasteiger partial charge in [0, 0.05) is 30.3 Å². The first kappa shape index (κ1) is 24.0. The number of para-hydroxylation sites is 1. The van der Waals surface area contributed by atoms with E-state index in [1.165, 1.54) is 6.33 Å². The molecule has 0 saturated heterocycles. The van der Waals surface area contributed by atoms with Crippen molar-refractivity contribution in [2.24, 2.45) is 5.92 Å². The summed E-state index contributed by atoms with van der Waals surface area (Å²) in [6, 6.07) is 16.4. The number of hydrogen-bond donors (Lipinski definition) is 3. The number of fused-ring (bicyclic) bond motifs is 2. The predicted octanol–water partition coefficient (Wildman–Crippen LogP) is 4.94. The molecule has 9 heteroatoms. The maximum Gasteiger partial charge on any atom is 0.216 e. The fraction of sp³-hybridized carbons (Fsp3) is 0.310. The molecule has 2 aromatic carbocycles. The topological polar surface area (TPSA) is 123 Å². The maximum absolute atomic E-state index is 11.3. The molecule has 0 aliphatic heterocycles. The van der Waals surface area contributed by atoms with Gasteiger partial charge in [0.2, 0.25) is 5.91 Å². The summed E-state index contributed by atoms with van der Waals surface area (Å²) in [6.45, 7) is 2.30. The Morgan fingerprint density at radius 1 is 1.16 bits per heavy atom. The summed E-state index contributed by atoms with van der Waals surface area (Å²) in [4.78, 5) is 24.4. The van der Waals surface area contributed by atoms with E-state index in [0.717, 1.165) is 82.7 Å². The molecule has 38 heavy (non-hydrogen) atoms. The third-order valence-corrected chi connectivity index (χ3v) is 7.63. The number of aromatic nitrogens is 5. The summed E-state index contributed by atoms with van der Waals surface area (Å²) in [6.07, 6.45) is 5.53. The summed E-state index contributed by atoms with van der Waals surface area (Å²) < 4.78 is 7.31. The lowest BCUT2D eigenvalue weighted by molar-refractivity contribution is -0.119. The molecule has 0 atom stereocenters. The predicted molar refractivity (Wildman–Crippen MR) is 148 cm³/mol. The number of imidazole rings is 1. The number of rotatable bonds is 6. The number of anilines is 1. The van der Waals surface area contributed by atoms with Crippen molar-refractivity contribution in [2.75, 3.05) is 19.4 Å². The maximum atomic E-state index is 11.3. The highest BCUT2D eigenvalue weighted by Gasteiger charge is 2.28. The molecule has 0 unspecified atom stereocenters. The minimum atomic E-state index is 0.0242. The Hall–Kier alpha value is -4.40. The van der Waals surface area contributed by atoms with E-state index in [1.807, 2.05) is 22.7 Å². The monoisotopic (exact) mass is 509 g/mol. The Morgan fingerprint density at radius 3 is 2.76 bits per heavy atom. The van der Waals surface area contributed by atoms with Crippen LogP contribution in [0.15, 0.2) is 54.9 Å². The molecule has 3 heterocycles. The Morgan fingerprint density at radius 2 is 1.97 bits per heavy atom. The second-order valence-corrected chi connectivity index (χ2v) is 10.1. The van der Waals surface area contributed by atoms with Gasteiger partial charge in [-0.3, -0.25) is 4.79 Å². The number of carbonyl (C=O) groups excluding carboxylic acids is 1. The number of ether oxygens (including phenoxy) is 1. The van der Waals surface area contributed by atoms with E-state index in [2.05, 4.69) is 50.7 Å². The van der Waals surface area contributed by atoms with E-state index in [9.17, 15) is 4.79 Å². The summed E-state index contributed by atoms with van der Waals surface area (Å²) >= 11 is 0. The van der Waals surface area contributed by atoms with Crippen molar-refractivity contribution < 1.29 is 9.53 Å². The highest BCUT2D eigenvalue weighted by Crippen LogP contribution is 2.39. The number of hydrogen-bond acceptors (Lipinski definition) is 6. The molecule has 0 spiro atoms. The number of carbonyl (C=O) groups is 1. The van der Waals surface area contributed by atoms with Gasteiger partial charge in [0.15, 0.2) is 5.82 Å². The van der Waals surface area contributed by atoms with Crippen molar-refractivity contribution in [3.63, 3.8) is 0 Å². The standard InChI is InChI=1S/C29H31N7O2/c1-17(37)31-15-18-9-11-19(12-10-18)29-35-26(27-28(30)32-16-33-36(27)29)24-14-21-6-4-8-23(25(21)34-24)20-5-3-7-22(13-20)38-2/h3-8,13-14,16,18-19,34H,9-12,15H2,1-2H3,(H,31,37)(H2,30,32,33). The van der Waals surface area contributed by atoms with Crippen molar-refractivity contribution in [3.8, 4) is 28.3 Å². The third-order valence-electron chi connectivity index (χ3n) is 7.63. The van der Waals surface area contributed by atoms with Crippen LogP contribution in [0.2, 0.25) is 0 Å². The largest absolute Gasteiger partial charge is 0.497 e. The first-order valence-corrected chi connectivity index (χ1v) is 13.0. The summed E-state index contributed by atoms with van der Waals surface area (Å²) in [5.41, 5.74) is 11.9. The Bertz CT molecular complexity index is 1630. The van der Waals surface area contributed by atoms with Crippen LogP contribution in [0.4, 0.5) is 5.82 Å². The first-order valence-electron chi connectivity index (χ1n) is 13.0. The smallest absolute Gasteiger partial charge is 0.216 e. The average Bonchev–Trinajstić information content (AvgIpc) is 3.55. The SMILES string of the molecule is COc1cccc(-c2cccc3cc(-c4nc(C5CCC(CNC(C)=O)CC5)n5ncnc(N)c45)[nH]c23)c1. The van der Waals surface area contributed by atoms with Gasteiger partial charge in [0.25, 0.3) is 0 Å². The molecule has 1 aliphatic rings. The van der Waals surface area contributed by atoms with Gasteiger partial charge in [-0.15, -0.1) is 0 Å². The molecule has 0 bridgehead atoms. The van der Waals surface area contributed by atoms with Crippen LogP contribution in [0, 0.1) is 5.92 Å². The lowest BCUT2D eigenvalue weighted by Crippen LogP contribution is -2.29. The van der Waals surface area contributed by atoms with Crippen molar-refractivity contribution in [1.82, 2.24) is 29.9 Å². The number of amides is 1.